The summed E-state index contributed by atoms with van der Waals surface area (Å²) in [6.45, 7) is 6.60. The van der Waals surface area contributed by atoms with Gasteiger partial charge in [0.1, 0.15) is 0 Å². The molecule has 3 heteroatoms. The fraction of sp³-hybridized carbons (Fsp3) is 1.00. The molecule has 1 N–H and O–H groups in total. The van der Waals surface area contributed by atoms with Gasteiger partial charge in [0.05, 0.1) is 12.7 Å². The quantitative estimate of drug-likeness (QED) is 0.631. The lowest BCUT2D eigenvalue weighted by Gasteiger charge is -2.28. The molecular weight excluding hydrogens is 214 g/mol. The summed E-state index contributed by atoms with van der Waals surface area (Å²) in [6, 6.07) is 0. The van der Waals surface area contributed by atoms with E-state index in [1.54, 1.807) is 0 Å². The van der Waals surface area contributed by atoms with E-state index >= 15 is 0 Å². The number of unbranched alkanes of at least 4 members (excludes halogenated alkanes) is 3. The largest absolute Gasteiger partial charge is 0.389 e. The van der Waals surface area contributed by atoms with Crippen LogP contribution in [0.1, 0.15) is 51.9 Å². The van der Waals surface area contributed by atoms with E-state index in [0.29, 0.717) is 6.61 Å². The molecule has 3 nitrogen and oxygen atoms in total. The van der Waals surface area contributed by atoms with Crippen molar-refractivity contribution in [3.63, 3.8) is 0 Å². The molecular formula is C14H29NO2. The van der Waals surface area contributed by atoms with Crippen molar-refractivity contribution in [3.05, 3.63) is 0 Å². The lowest BCUT2D eigenvalue weighted by atomic mass is 10.1. The van der Waals surface area contributed by atoms with E-state index < -0.39 is 0 Å². The van der Waals surface area contributed by atoms with Crippen LogP contribution in [0.3, 0.4) is 0 Å². The summed E-state index contributed by atoms with van der Waals surface area (Å²) >= 11 is 0. The van der Waals surface area contributed by atoms with Crippen LogP contribution in [0.2, 0.25) is 0 Å². The Morgan fingerprint density at radius 1 is 1.12 bits per heavy atom. The number of aliphatic hydroxyl groups is 1. The Balaban J connectivity index is 1.91. The first-order valence-corrected chi connectivity index (χ1v) is 7.31. The monoisotopic (exact) mass is 243 g/mol. The minimum atomic E-state index is -0.306. The van der Waals surface area contributed by atoms with Crippen LogP contribution >= 0.6 is 0 Å². The van der Waals surface area contributed by atoms with Gasteiger partial charge in [-0.15, -0.1) is 0 Å². The lowest BCUT2D eigenvalue weighted by Crippen LogP contribution is -2.38. The molecule has 1 aliphatic rings. The van der Waals surface area contributed by atoms with Crippen LogP contribution in [0.5, 0.6) is 0 Å². The van der Waals surface area contributed by atoms with Gasteiger partial charge in [0, 0.05) is 13.2 Å². The maximum absolute atomic E-state index is 9.84. The summed E-state index contributed by atoms with van der Waals surface area (Å²) in [5, 5.41) is 9.84. The van der Waals surface area contributed by atoms with Crippen molar-refractivity contribution in [2.24, 2.45) is 0 Å². The molecule has 1 unspecified atom stereocenters. The second-order valence-corrected chi connectivity index (χ2v) is 5.15. The van der Waals surface area contributed by atoms with Crippen LogP contribution in [-0.4, -0.2) is 49.0 Å². The van der Waals surface area contributed by atoms with Crippen molar-refractivity contribution < 1.29 is 9.84 Å². The molecule has 0 saturated carbocycles. The number of ether oxygens (including phenoxy) is 1. The van der Waals surface area contributed by atoms with Gasteiger partial charge in [-0.2, -0.15) is 0 Å². The van der Waals surface area contributed by atoms with Crippen LogP contribution in [0.4, 0.5) is 0 Å². The summed E-state index contributed by atoms with van der Waals surface area (Å²) in [7, 11) is 0. The predicted octanol–water partition coefficient (Wildman–Crippen LogP) is 2.43. The van der Waals surface area contributed by atoms with Crippen LogP contribution < -0.4 is 0 Å². The normalized spacial score (nSPS) is 19.4. The number of hydrogen-bond acceptors (Lipinski definition) is 3. The third-order valence-electron chi connectivity index (χ3n) is 3.37. The molecule has 0 aromatic carbocycles. The molecule has 0 spiro atoms. The van der Waals surface area contributed by atoms with Gasteiger partial charge < -0.3 is 14.7 Å². The fourth-order valence-electron chi connectivity index (χ4n) is 2.34. The number of rotatable bonds is 9. The van der Waals surface area contributed by atoms with Crippen molar-refractivity contribution in [1.29, 1.82) is 0 Å². The zero-order chi connectivity index (χ0) is 12.3. The van der Waals surface area contributed by atoms with Crippen molar-refractivity contribution >= 4 is 0 Å². The Hall–Kier alpha value is -0.120. The number of likely N-dealkylation sites (tertiary alicyclic amines) is 1. The molecule has 1 atom stereocenters. The van der Waals surface area contributed by atoms with Gasteiger partial charge in [0.25, 0.3) is 0 Å². The van der Waals surface area contributed by atoms with Crippen LogP contribution in [0, 0.1) is 0 Å². The first-order valence-electron chi connectivity index (χ1n) is 7.31. The first-order chi connectivity index (χ1) is 8.33. The zero-order valence-corrected chi connectivity index (χ0v) is 11.4. The highest BCUT2D eigenvalue weighted by molar-refractivity contribution is 4.68. The standard InChI is InChI=1S/C14H29NO2/c1-2-3-4-8-11-17-13-14(16)12-15-9-6-5-7-10-15/h14,16H,2-13H2,1H3. The third kappa shape index (κ3) is 7.74. The summed E-state index contributed by atoms with van der Waals surface area (Å²) in [6.07, 6.45) is 8.54. The highest BCUT2D eigenvalue weighted by Gasteiger charge is 2.14. The lowest BCUT2D eigenvalue weighted by molar-refractivity contribution is 0.0125. The Kier molecular flexibility index (Phi) is 8.67. The number of nitrogens with zero attached hydrogens (tertiary/aromatic N) is 1. The molecule has 0 aliphatic carbocycles. The maximum Gasteiger partial charge on any atom is 0.0900 e. The van der Waals surface area contributed by atoms with E-state index in [-0.39, 0.29) is 6.10 Å². The third-order valence-corrected chi connectivity index (χ3v) is 3.37. The molecule has 0 aromatic heterocycles. The van der Waals surface area contributed by atoms with E-state index in [1.165, 1.54) is 38.5 Å². The average molecular weight is 243 g/mol. The van der Waals surface area contributed by atoms with Gasteiger partial charge >= 0.3 is 0 Å². The van der Waals surface area contributed by atoms with Gasteiger partial charge in [0.2, 0.25) is 0 Å². The highest BCUT2D eigenvalue weighted by atomic mass is 16.5. The fourth-order valence-corrected chi connectivity index (χ4v) is 2.34. The minimum absolute atomic E-state index is 0.306. The predicted molar refractivity (Wildman–Crippen MR) is 71.3 cm³/mol. The van der Waals surface area contributed by atoms with Gasteiger partial charge in [-0.25, -0.2) is 0 Å². The van der Waals surface area contributed by atoms with Crippen molar-refractivity contribution in [3.8, 4) is 0 Å². The molecule has 0 bridgehead atoms. The second-order valence-electron chi connectivity index (χ2n) is 5.15. The zero-order valence-electron chi connectivity index (χ0n) is 11.4. The number of piperidine rings is 1. The van der Waals surface area contributed by atoms with Gasteiger partial charge in [-0.1, -0.05) is 32.6 Å². The summed E-state index contributed by atoms with van der Waals surface area (Å²) in [4.78, 5) is 2.36. The van der Waals surface area contributed by atoms with Crippen molar-refractivity contribution in [2.75, 3.05) is 32.8 Å². The van der Waals surface area contributed by atoms with Gasteiger partial charge in [0.15, 0.2) is 0 Å². The molecule has 17 heavy (non-hydrogen) atoms. The van der Waals surface area contributed by atoms with E-state index in [4.69, 9.17) is 4.74 Å². The number of aliphatic hydroxyl groups excluding tert-OH is 1. The van der Waals surface area contributed by atoms with Crippen LogP contribution in [0.25, 0.3) is 0 Å². The number of β-amino-alcohol motifs (C(OH)–C–C–N with tert-alkyl or cyclic N) is 1. The Morgan fingerprint density at radius 3 is 2.59 bits per heavy atom. The molecule has 1 heterocycles. The topological polar surface area (TPSA) is 32.7 Å². The van der Waals surface area contributed by atoms with E-state index in [9.17, 15) is 5.11 Å². The Morgan fingerprint density at radius 2 is 1.88 bits per heavy atom. The highest BCUT2D eigenvalue weighted by Crippen LogP contribution is 2.09. The molecule has 0 aromatic rings. The van der Waals surface area contributed by atoms with E-state index in [2.05, 4.69) is 11.8 Å². The van der Waals surface area contributed by atoms with Gasteiger partial charge in [-0.05, 0) is 32.4 Å². The summed E-state index contributed by atoms with van der Waals surface area (Å²) in [5.74, 6) is 0. The summed E-state index contributed by atoms with van der Waals surface area (Å²) in [5.41, 5.74) is 0. The molecule has 102 valence electrons. The Bertz CT molecular complexity index is 170. The molecule has 0 amide bonds. The molecule has 1 saturated heterocycles. The van der Waals surface area contributed by atoms with E-state index in [1.807, 2.05) is 0 Å². The number of hydrogen-bond donors (Lipinski definition) is 1. The van der Waals surface area contributed by atoms with Crippen LogP contribution in [0.15, 0.2) is 0 Å². The smallest absolute Gasteiger partial charge is 0.0900 e. The average Bonchev–Trinajstić information content (AvgIpc) is 2.35. The summed E-state index contributed by atoms with van der Waals surface area (Å²) < 4.78 is 5.51. The van der Waals surface area contributed by atoms with Crippen molar-refractivity contribution in [2.45, 2.75) is 58.0 Å². The molecule has 1 rings (SSSR count). The van der Waals surface area contributed by atoms with Gasteiger partial charge in [-0.3, -0.25) is 0 Å². The Labute approximate surface area is 106 Å². The minimum Gasteiger partial charge on any atom is -0.389 e. The SMILES string of the molecule is CCCCCCOCC(O)CN1CCCCC1. The molecule has 0 radical (unpaired) electrons. The van der Waals surface area contributed by atoms with Crippen LogP contribution in [-0.2, 0) is 4.74 Å². The first kappa shape index (κ1) is 14.9. The van der Waals surface area contributed by atoms with Crippen molar-refractivity contribution in [1.82, 2.24) is 4.90 Å². The molecule has 1 fully saturated rings. The maximum atomic E-state index is 9.84. The molecule has 1 aliphatic heterocycles. The second kappa shape index (κ2) is 9.86. The van der Waals surface area contributed by atoms with E-state index in [0.717, 1.165) is 32.7 Å².